The molecule has 1 saturated carbocycles. The third-order valence-electron chi connectivity index (χ3n) is 5.35. The molecule has 1 heterocycles. The number of aliphatic hydroxyl groups is 1. The molecule has 0 spiro atoms. The molecule has 0 aliphatic heterocycles. The van der Waals surface area contributed by atoms with Gasteiger partial charge in [0.25, 0.3) is 0 Å². The Balaban J connectivity index is 1.51. The normalized spacial score (nSPS) is 23.5. The number of carbonyl (C=O) groups excluding carboxylic acids is 1. The van der Waals surface area contributed by atoms with Gasteiger partial charge in [-0.25, -0.2) is 4.79 Å². The van der Waals surface area contributed by atoms with Gasteiger partial charge in [0.1, 0.15) is 0 Å². The van der Waals surface area contributed by atoms with Crippen LogP contribution in [0.15, 0.2) is 24.4 Å². The number of aromatic nitrogens is 1. The summed E-state index contributed by atoms with van der Waals surface area (Å²) in [7, 11) is 0. The first-order chi connectivity index (χ1) is 11.5. The van der Waals surface area contributed by atoms with Gasteiger partial charge in [0.05, 0.1) is 6.61 Å². The van der Waals surface area contributed by atoms with Crippen LogP contribution in [0, 0.1) is 12.3 Å². The van der Waals surface area contributed by atoms with Crippen LogP contribution in [0.3, 0.4) is 0 Å². The van der Waals surface area contributed by atoms with Gasteiger partial charge in [-0.05, 0) is 43.4 Å². The van der Waals surface area contributed by atoms with Gasteiger partial charge >= 0.3 is 6.03 Å². The molecule has 1 aromatic heterocycles. The Labute approximate surface area is 142 Å². The molecular weight excluding hydrogens is 302 g/mol. The molecule has 0 radical (unpaired) electrons. The number of amides is 2. The van der Waals surface area contributed by atoms with Crippen molar-refractivity contribution in [2.24, 2.45) is 5.41 Å². The van der Waals surface area contributed by atoms with E-state index >= 15 is 0 Å². The van der Waals surface area contributed by atoms with E-state index in [0.717, 1.165) is 31.2 Å². The molecule has 1 fully saturated rings. The zero-order valence-electron chi connectivity index (χ0n) is 14.5. The van der Waals surface area contributed by atoms with Crippen molar-refractivity contribution in [2.75, 3.05) is 13.2 Å². The number of H-pyrrole nitrogens is 1. The van der Waals surface area contributed by atoms with Crippen molar-refractivity contribution in [3.63, 3.8) is 0 Å². The lowest BCUT2D eigenvalue weighted by Crippen LogP contribution is -2.48. The topological polar surface area (TPSA) is 77.2 Å². The summed E-state index contributed by atoms with van der Waals surface area (Å²) < 4.78 is 0. The van der Waals surface area contributed by atoms with E-state index in [-0.39, 0.29) is 24.1 Å². The third-order valence-corrected chi connectivity index (χ3v) is 5.35. The second kappa shape index (κ2) is 6.85. The van der Waals surface area contributed by atoms with Crippen LogP contribution in [-0.2, 0) is 6.42 Å². The van der Waals surface area contributed by atoms with Crippen molar-refractivity contribution in [3.05, 3.63) is 35.5 Å². The highest BCUT2D eigenvalue weighted by atomic mass is 16.3. The second-order valence-electron chi connectivity index (χ2n) is 7.27. The number of urea groups is 1. The van der Waals surface area contributed by atoms with Gasteiger partial charge in [-0.3, -0.25) is 0 Å². The van der Waals surface area contributed by atoms with Crippen LogP contribution in [0.5, 0.6) is 0 Å². The summed E-state index contributed by atoms with van der Waals surface area (Å²) in [5.41, 5.74) is 3.40. The zero-order chi connectivity index (χ0) is 17.2. The number of aromatic amines is 1. The number of fused-ring (bicyclic) bond motifs is 1. The van der Waals surface area contributed by atoms with Gasteiger partial charge in [0.2, 0.25) is 0 Å². The Morgan fingerprint density at radius 2 is 2.29 bits per heavy atom. The third kappa shape index (κ3) is 3.41. The lowest BCUT2D eigenvalue weighted by atomic mass is 9.86. The molecule has 5 nitrogen and oxygen atoms in total. The number of aliphatic hydroxyl groups excluding tert-OH is 1. The first-order valence-electron chi connectivity index (χ1n) is 8.74. The number of carbonyl (C=O) groups is 1. The maximum Gasteiger partial charge on any atom is 0.315 e. The largest absolute Gasteiger partial charge is 0.396 e. The van der Waals surface area contributed by atoms with Gasteiger partial charge in [-0.1, -0.05) is 25.5 Å². The van der Waals surface area contributed by atoms with E-state index in [1.807, 2.05) is 13.1 Å². The number of benzene rings is 1. The minimum absolute atomic E-state index is 0.0542. The van der Waals surface area contributed by atoms with Crippen molar-refractivity contribution < 1.29 is 9.90 Å². The predicted octanol–water partition coefficient (Wildman–Crippen LogP) is 2.87. The average molecular weight is 329 g/mol. The molecule has 4 N–H and O–H groups in total. The molecule has 3 rings (SSSR count). The first-order valence-corrected chi connectivity index (χ1v) is 8.74. The fraction of sp³-hybridized carbons (Fsp3) is 0.526. The molecule has 2 aromatic rings. The summed E-state index contributed by atoms with van der Waals surface area (Å²) in [6.45, 7) is 4.83. The van der Waals surface area contributed by atoms with E-state index in [1.165, 1.54) is 16.5 Å². The van der Waals surface area contributed by atoms with Gasteiger partial charge in [0, 0.05) is 35.1 Å². The fourth-order valence-electron chi connectivity index (χ4n) is 3.70. The van der Waals surface area contributed by atoms with Gasteiger partial charge in [-0.2, -0.15) is 0 Å². The van der Waals surface area contributed by atoms with Crippen LogP contribution in [0.25, 0.3) is 10.9 Å². The van der Waals surface area contributed by atoms with Crippen molar-refractivity contribution in [2.45, 2.75) is 45.6 Å². The van der Waals surface area contributed by atoms with Crippen molar-refractivity contribution in [3.8, 4) is 0 Å². The molecule has 2 unspecified atom stereocenters. The smallest absolute Gasteiger partial charge is 0.315 e. The van der Waals surface area contributed by atoms with Crippen molar-refractivity contribution in [1.29, 1.82) is 0 Å². The second-order valence-corrected chi connectivity index (χ2v) is 7.27. The minimum atomic E-state index is -0.188. The molecular formula is C19H27N3O2. The summed E-state index contributed by atoms with van der Waals surface area (Å²) in [5, 5.41) is 16.7. The van der Waals surface area contributed by atoms with E-state index in [0.29, 0.717) is 6.54 Å². The summed E-state index contributed by atoms with van der Waals surface area (Å²) in [4.78, 5) is 15.4. The molecule has 2 atom stereocenters. The highest BCUT2D eigenvalue weighted by Gasteiger charge is 2.39. The van der Waals surface area contributed by atoms with E-state index < -0.39 is 0 Å². The van der Waals surface area contributed by atoms with Crippen LogP contribution in [-0.4, -0.2) is 35.3 Å². The van der Waals surface area contributed by atoms with Crippen LogP contribution < -0.4 is 10.6 Å². The Morgan fingerprint density at radius 1 is 1.46 bits per heavy atom. The Kier molecular flexibility index (Phi) is 4.81. The number of rotatable bonds is 5. The lowest BCUT2D eigenvalue weighted by molar-refractivity contribution is 0.121. The highest BCUT2D eigenvalue weighted by molar-refractivity contribution is 5.83. The highest BCUT2D eigenvalue weighted by Crippen LogP contribution is 2.37. The van der Waals surface area contributed by atoms with Crippen LogP contribution in [0.4, 0.5) is 4.79 Å². The number of hydrogen-bond donors (Lipinski definition) is 4. The number of aryl methyl sites for hydroxylation is 1. The quantitative estimate of drug-likeness (QED) is 0.681. The van der Waals surface area contributed by atoms with Crippen molar-refractivity contribution >= 4 is 16.9 Å². The van der Waals surface area contributed by atoms with Crippen LogP contribution in [0.2, 0.25) is 0 Å². The first kappa shape index (κ1) is 16.8. The molecule has 130 valence electrons. The van der Waals surface area contributed by atoms with E-state index in [1.54, 1.807) is 0 Å². The summed E-state index contributed by atoms with van der Waals surface area (Å²) in [6, 6.07) is 6.28. The summed E-state index contributed by atoms with van der Waals surface area (Å²) in [6.07, 6.45) is 5.76. The monoisotopic (exact) mass is 329 g/mol. The van der Waals surface area contributed by atoms with Gasteiger partial charge in [0.15, 0.2) is 0 Å². The minimum Gasteiger partial charge on any atom is -0.396 e. The number of nitrogens with one attached hydrogen (secondary N) is 3. The fourth-order valence-corrected chi connectivity index (χ4v) is 3.70. The van der Waals surface area contributed by atoms with Crippen LogP contribution in [0.1, 0.15) is 37.3 Å². The number of hydrogen-bond acceptors (Lipinski definition) is 2. The lowest BCUT2D eigenvalue weighted by Gasteiger charge is -2.30. The Morgan fingerprint density at radius 3 is 3.08 bits per heavy atom. The van der Waals surface area contributed by atoms with Crippen LogP contribution >= 0.6 is 0 Å². The Bertz CT molecular complexity index is 724. The maximum atomic E-state index is 12.1. The SMILES string of the molecule is Cc1ccc2c(CCNC(=O)NC3CCCC3(C)CO)c[nH]c2c1. The van der Waals surface area contributed by atoms with E-state index in [2.05, 4.69) is 40.7 Å². The molecule has 1 aromatic carbocycles. The molecule has 0 saturated heterocycles. The molecule has 2 amide bonds. The average Bonchev–Trinajstić information content (AvgIpc) is 3.12. The summed E-state index contributed by atoms with van der Waals surface area (Å²) in [5.74, 6) is 0. The van der Waals surface area contributed by atoms with Crippen molar-refractivity contribution in [1.82, 2.24) is 15.6 Å². The zero-order valence-corrected chi connectivity index (χ0v) is 14.5. The van der Waals surface area contributed by atoms with E-state index in [4.69, 9.17) is 0 Å². The molecule has 0 bridgehead atoms. The molecule has 24 heavy (non-hydrogen) atoms. The molecule has 1 aliphatic rings. The molecule has 1 aliphatic carbocycles. The van der Waals surface area contributed by atoms with E-state index in [9.17, 15) is 9.90 Å². The standard InChI is InChI=1S/C19H27N3O2/c1-13-5-6-15-14(11-21-16(15)10-13)7-9-20-18(24)22-17-4-3-8-19(17,2)12-23/h5-6,10-11,17,21,23H,3-4,7-9,12H2,1-2H3,(H2,20,22,24). The predicted molar refractivity (Wildman–Crippen MR) is 96.1 cm³/mol. The maximum absolute atomic E-state index is 12.1. The van der Waals surface area contributed by atoms with Gasteiger partial charge in [-0.15, -0.1) is 0 Å². The molecule has 5 heteroatoms. The van der Waals surface area contributed by atoms with Gasteiger partial charge < -0.3 is 20.7 Å². The Hall–Kier alpha value is -2.01. The summed E-state index contributed by atoms with van der Waals surface area (Å²) >= 11 is 0.